The predicted molar refractivity (Wildman–Crippen MR) is 114 cm³/mol. The van der Waals surface area contributed by atoms with Crippen LogP contribution < -0.4 is 19.9 Å². The van der Waals surface area contributed by atoms with E-state index in [1.54, 1.807) is 30.3 Å². The summed E-state index contributed by atoms with van der Waals surface area (Å²) in [6.07, 6.45) is -0.573. The highest BCUT2D eigenvalue weighted by Crippen LogP contribution is 2.49. The molecule has 0 spiro atoms. The fourth-order valence-electron chi connectivity index (χ4n) is 3.71. The second-order valence-electron chi connectivity index (χ2n) is 7.11. The number of primary sulfonamides is 1. The Morgan fingerprint density at radius 2 is 1.87 bits per heavy atom. The average Bonchev–Trinajstić information content (AvgIpc) is 2.71. The van der Waals surface area contributed by atoms with E-state index in [2.05, 4.69) is 5.32 Å². The Labute approximate surface area is 178 Å². The van der Waals surface area contributed by atoms with Crippen LogP contribution in [0.3, 0.4) is 0 Å². The number of halogens is 2. The minimum Gasteiger partial charge on any atom is -0.480 e. The zero-order chi connectivity index (χ0) is 22.2. The molecule has 1 atom stereocenters. The molecule has 1 unspecified atom stereocenters. The lowest BCUT2D eigenvalue weighted by Crippen LogP contribution is -2.18. The van der Waals surface area contributed by atoms with E-state index in [0.717, 1.165) is 11.3 Å². The van der Waals surface area contributed by atoms with E-state index in [0.29, 0.717) is 28.0 Å². The van der Waals surface area contributed by atoms with Crippen LogP contribution in [0.4, 0.5) is 14.5 Å². The molecule has 162 valence electrons. The molecule has 0 amide bonds. The third-order valence-electron chi connectivity index (χ3n) is 4.99. The molecule has 1 aliphatic heterocycles. The van der Waals surface area contributed by atoms with Crippen molar-refractivity contribution in [1.82, 2.24) is 0 Å². The molecular formula is C22H20F2N2O4S. The van der Waals surface area contributed by atoms with Crippen molar-refractivity contribution in [3.8, 4) is 22.6 Å². The maximum Gasteiger partial charge on any atom is 0.387 e. The first-order chi connectivity index (χ1) is 14.7. The summed E-state index contributed by atoms with van der Waals surface area (Å²) < 4.78 is 60.1. The number of benzene rings is 3. The quantitative estimate of drug-likeness (QED) is 0.590. The number of rotatable bonds is 6. The third kappa shape index (κ3) is 4.47. The van der Waals surface area contributed by atoms with Gasteiger partial charge in [-0.15, -0.1) is 0 Å². The van der Waals surface area contributed by atoms with Gasteiger partial charge in [0, 0.05) is 18.3 Å². The van der Waals surface area contributed by atoms with Gasteiger partial charge in [-0.1, -0.05) is 36.4 Å². The Morgan fingerprint density at radius 3 is 2.52 bits per heavy atom. The van der Waals surface area contributed by atoms with Gasteiger partial charge in [-0.3, -0.25) is 0 Å². The summed E-state index contributed by atoms with van der Waals surface area (Å²) >= 11 is 0. The van der Waals surface area contributed by atoms with Gasteiger partial charge in [0.05, 0.1) is 11.3 Å². The Kier molecular flexibility index (Phi) is 5.55. The lowest BCUT2D eigenvalue weighted by atomic mass is 9.88. The van der Waals surface area contributed by atoms with Crippen LogP contribution in [0, 0.1) is 0 Å². The van der Waals surface area contributed by atoms with Gasteiger partial charge in [0.2, 0.25) is 10.0 Å². The molecule has 1 heterocycles. The first-order valence-corrected chi connectivity index (χ1v) is 11.1. The van der Waals surface area contributed by atoms with E-state index in [1.807, 2.05) is 31.3 Å². The normalized spacial score (nSPS) is 15.1. The summed E-state index contributed by atoms with van der Waals surface area (Å²) in [5.41, 5.74) is 3.85. The van der Waals surface area contributed by atoms with Crippen LogP contribution >= 0.6 is 0 Å². The van der Waals surface area contributed by atoms with Crippen LogP contribution in [0.25, 0.3) is 11.1 Å². The second kappa shape index (κ2) is 8.16. The topological polar surface area (TPSA) is 90.7 Å². The van der Waals surface area contributed by atoms with Gasteiger partial charge < -0.3 is 14.8 Å². The number of fused-ring (bicyclic) bond motifs is 3. The fourth-order valence-corrected chi connectivity index (χ4v) is 4.35. The van der Waals surface area contributed by atoms with E-state index in [1.165, 1.54) is 6.07 Å². The Morgan fingerprint density at radius 1 is 1.13 bits per heavy atom. The van der Waals surface area contributed by atoms with Gasteiger partial charge in [-0.2, -0.15) is 8.78 Å². The molecule has 0 fully saturated rings. The maximum absolute atomic E-state index is 13.0. The summed E-state index contributed by atoms with van der Waals surface area (Å²) in [5.74, 6) is 0.0257. The van der Waals surface area contributed by atoms with Crippen LogP contribution in [0.1, 0.15) is 22.8 Å². The largest absolute Gasteiger partial charge is 0.480 e. The van der Waals surface area contributed by atoms with Crippen molar-refractivity contribution in [2.45, 2.75) is 18.5 Å². The van der Waals surface area contributed by atoms with Crippen LogP contribution in [-0.2, 0) is 15.8 Å². The molecule has 0 radical (unpaired) electrons. The molecule has 3 aromatic carbocycles. The molecule has 4 rings (SSSR count). The molecule has 1 aliphatic rings. The Hall–Kier alpha value is -3.17. The lowest BCUT2D eigenvalue weighted by molar-refractivity contribution is -0.0496. The van der Waals surface area contributed by atoms with Crippen molar-refractivity contribution >= 4 is 15.7 Å². The number of anilines is 1. The summed E-state index contributed by atoms with van der Waals surface area (Å²) in [4.78, 5) is 0. The van der Waals surface area contributed by atoms with Crippen LogP contribution in [0.2, 0.25) is 0 Å². The highest BCUT2D eigenvalue weighted by atomic mass is 32.2. The minimum absolute atomic E-state index is 0.0167. The number of nitrogens with one attached hydrogen (secondary N) is 1. The molecule has 6 nitrogen and oxygen atoms in total. The minimum atomic E-state index is -3.75. The van der Waals surface area contributed by atoms with Gasteiger partial charge in [0.15, 0.2) is 0 Å². The Bertz CT molecular complexity index is 1210. The number of sulfonamides is 1. The van der Waals surface area contributed by atoms with E-state index < -0.39 is 22.7 Å². The van der Waals surface area contributed by atoms with Crippen molar-refractivity contribution in [1.29, 1.82) is 0 Å². The number of hydrogen-bond donors (Lipinski definition) is 2. The first kappa shape index (κ1) is 21.1. The van der Waals surface area contributed by atoms with Crippen LogP contribution in [-0.4, -0.2) is 22.1 Å². The van der Waals surface area contributed by atoms with E-state index in [4.69, 9.17) is 14.6 Å². The van der Waals surface area contributed by atoms with Gasteiger partial charge in [-0.25, -0.2) is 13.6 Å². The van der Waals surface area contributed by atoms with Gasteiger partial charge >= 0.3 is 6.61 Å². The van der Waals surface area contributed by atoms with E-state index in [9.17, 15) is 17.2 Å². The molecular weight excluding hydrogens is 426 g/mol. The summed E-state index contributed by atoms with van der Waals surface area (Å²) in [6.45, 7) is -3.00. The summed E-state index contributed by atoms with van der Waals surface area (Å²) in [7, 11) is -1.95. The summed E-state index contributed by atoms with van der Waals surface area (Å²) in [5, 5.41) is 8.25. The zero-order valence-electron chi connectivity index (χ0n) is 16.5. The molecule has 31 heavy (non-hydrogen) atoms. The number of ether oxygens (including phenoxy) is 2. The molecule has 0 aromatic heterocycles. The molecule has 3 aromatic rings. The second-order valence-corrected chi connectivity index (χ2v) is 8.72. The molecule has 9 heteroatoms. The maximum atomic E-state index is 13.0. The van der Waals surface area contributed by atoms with Gasteiger partial charge in [0.25, 0.3) is 0 Å². The van der Waals surface area contributed by atoms with Crippen molar-refractivity contribution in [3.63, 3.8) is 0 Å². The first-order valence-electron chi connectivity index (χ1n) is 9.41. The van der Waals surface area contributed by atoms with Crippen molar-refractivity contribution in [3.05, 3.63) is 77.4 Å². The van der Waals surface area contributed by atoms with Crippen molar-refractivity contribution in [2.75, 3.05) is 12.4 Å². The highest BCUT2D eigenvalue weighted by Gasteiger charge is 2.31. The molecule has 0 saturated carbocycles. The van der Waals surface area contributed by atoms with Crippen molar-refractivity contribution < 1.29 is 26.7 Å². The van der Waals surface area contributed by atoms with Gasteiger partial charge in [-0.05, 0) is 41.0 Å². The molecule has 0 aliphatic carbocycles. The van der Waals surface area contributed by atoms with Crippen molar-refractivity contribution in [2.24, 2.45) is 5.14 Å². The molecule has 0 saturated heterocycles. The lowest BCUT2D eigenvalue weighted by Gasteiger charge is -2.30. The number of nitrogens with two attached hydrogens (primary N) is 1. The monoisotopic (exact) mass is 446 g/mol. The van der Waals surface area contributed by atoms with E-state index in [-0.39, 0.29) is 11.5 Å². The molecule has 0 bridgehead atoms. The van der Waals surface area contributed by atoms with Crippen LogP contribution in [0.15, 0.2) is 60.7 Å². The summed E-state index contributed by atoms with van der Waals surface area (Å²) in [6, 6.07) is 17.2. The number of alkyl halides is 2. The average molecular weight is 446 g/mol. The third-order valence-corrected chi connectivity index (χ3v) is 5.72. The number of hydrogen-bond acceptors (Lipinski definition) is 5. The zero-order valence-corrected chi connectivity index (χ0v) is 17.3. The predicted octanol–water partition coefficient (Wildman–Crippen LogP) is 4.27. The highest BCUT2D eigenvalue weighted by molar-refractivity contribution is 7.88. The fraction of sp³-hybridized carbons (Fsp3) is 0.182. The Balaban J connectivity index is 1.88. The molecule has 3 N–H and O–H groups in total. The standard InChI is InChI=1S/C22H20F2N2O4S/c1-26-15-8-6-14(7-9-15)21-17-11-13(12-31(25,27)28)5-10-16(17)20-18(29-21)3-2-4-19(20)30-22(23)24/h2-11,21-22,26H,12H2,1H3,(H2,25,27,28). The van der Waals surface area contributed by atoms with Gasteiger partial charge in [0.1, 0.15) is 17.6 Å². The smallest absolute Gasteiger partial charge is 0.387 e. The SMILES string of the molecule is CNc1ccc(C2Oc3cccc(OC(F)F)c3-c3ccc(CS(N)(=O)=O)cc32)cc1. The van der Waals surface area contributed by atoms with E-state index >= 15 is 0 Å². The van der Waals surface area contributed by atoms with Crippen LogP contribution in [0.5, 0.6) is 11.5 Å².